The third kappa shape index (κ3) is 3.18. The summed E-state index contributed by atoms with van der Waals surface area (Å²) >= 11 is 0. The van der Waals surface area contributed by atoms with Crippen LogP contribution in [0.3, 0.4) is 0 Å². The van der Waals surface area contributed by atoms with E-state index in [4.69, 9.17) is 9.47 Å². The molecule has 174 valence electrons. The van der Waals surface area contributed by atoms with E-state index >= 15 is 0 Å². The highest BCUT2D eigenvalue weighted by atomic mass is 19.2. The molecule has 5 rings (SSSR count). The number of ether oxygens (including phenoxy) is 2. The molecule has 34 heavy (non-hydrogen) atoms. The van der Waals surface area contributed by atoms with Crippen LogP contribution < -0.4 is 4.74 Å². The van der Waals surface area contributed by atoms with E-state index in [-0.39, 0.29) is 30.7 Å². The summed E-state index contributed by atoms with van der Waals surface area (Å²) in [7, 11) is 1.55. The minimum atomic E-state index is -1.42. The van der Waals surface area contributed by atoms with Gasteiger partial charge in [-0.1, -0.05) is 36.4 Å². The summed E-state index contributed by atoms with van der Waals surface area (Å²) in [5.41, 5.74) is 1.10. The number of fused-ring (bicyclic) bond motifs is 5. The van der Waals surface area contributed by atoms with E-state index in [1.54, 1.807) is 25.0 Å². The molecule has 1 heterocycles. The van der Waals surface area contributed by atoms with E-state index in [9.17, 15) is 18.4 Å². The van der Waals surface area contributed by atoms with Gasteiger partial charge in [0.1, 0.15) is 11.2 Å². The van der Waals surface area contributed by atoms with Crippen LogP contribution in [0.1, 0.15) is 45.6 Å². The van der Waals surface area contributed by atoms with E-state index in [1.807, 2.05) is 42.5 Å². The zero-order chi connectivity index (χ0) is 24.0. The van der Waals surface area contributed by atoms with Gasteiger partial charge in [-0.15, -0.1) is 0 Å². The van der Waals surface area contributed by atoms with Crippen molar-refractivity contribution >= 4 is 11.9 Å². The van der Waals surface area contributed by atoms with Crippen LogP contribution in [0.2, 0.25) is 0 Å². The van der Waals surface area contributed by atoms with Crippen molar-refractivity contribution in [2.24, 2.45) is 0 Å². The Morgan fingerprint density at radius 3 is 2.53 bits per heavy atom. The fourth-order valence-corrected chi connectivity index (χ4v) is 5.33. The lowest BCUT2D eigenvalue weighted by Gasteiger charge is -2.45. The van der Waals surface area contributed by atoms with E-state index in [1.165, 1.54) is 0 Å². The highest BCUT2D eigenvalue weighted by Crippen LogP contribution is 2.56. The van der Waals surface area contributed by atoms with Crippen LogP contribution in [0.5, 0.6) is 5.75 Å². The minimum absolute atomic E-state index is 0.0288. The Morgan fingerprint density at radius 1 is 1.09 bits per heavy atom. The molecule has 0 radical (unpaired) electrons. The van der Waals surface area contributed by atoms with Gasteiger partial charge in [0.2, 0.25) is 0 Å². The summed E-state index contributed by atoms with van der Waals surface area (Å²) in [6.45, 7) is 1.99. The predicted octanol–water partition coefficient (Wildman–Crippen LogP) is 4.73. The Kier molecular flexibility index (Phi) is 5.35. The number of benzene rings is 3. The standard InChI is InChI=1S/C27H23F2NO4/c1-3-34-26(32)27-14-17-11-18(33-2)9-10-19(17)24(27)30(15-16-7-5-4-6-8-16)25(31)20-12-22(28)23(29)13-21(20)27/h4-13,24H,3,14-15H2,1-2H3/t24?,27-/m0/s1. The van der Waals surface area contributed by atoms with Gasteiger partial charge in [0, 0.05) is 12.1 Å². The predicted molar refractivity (Wildman–Crippen MR) is 120 cm³/mol. The van der Waals surface area contributed by atoms with E-state index in [2.05, 4.69) is 0 Å². The number of nitrogens with zero attached hydrogens (tertiary/aromatic N) is 1. The summed E-state index contributed by atoms with van der Waals surface area (Å²) in [4.78, 5) is 29.0. The van der Waals surface area contributed by atoms with E-state index in [0.29, 0.717) is 5.75 Å². The van der Waals surface area contributed by atoms with Gasteiger partial charge in [-0.2, -0.15) is 0 Å². The number of esters is 1. The second-order valence-electron chi connectivity index (χ2n) is 8.57. The fourth-order valence-electron chi connectivity index (χ4n) is 5.33. The lowest BCUT2D eigenvalue weighted by Crippen LogP contribution is -2.54. The van der Waals surface area contributed by atoms with Crippen LogP contribution in [-0.4, -0.2) is 30.5 Å². The number of amides is 1. The second kappa shape index (κ2) is 8.24. The molecular weight excluding hydrogens is 440 g/mol. The number of hydrogen-bond acceptors (Lipinski definition) is 4. The van der Waals surface area contributed by atoms with Gasteiger partial charge in [-0.05, 0) is 59.9 Å². The molecule has 3 aromatic carbocycles. The molecule has 0 saturated heterocycles. The lowest BCUT2D eigenvalue weighted by atomic mass is 9.69. The Morgan fingerprint density at radius 2 is 1.82 bits per heavy atom. The van der Waals surface area contributed by atoms with Crippen LogP contribution in [-0.2, 0) is 27.9 Å². The topological polar surface area (TPSA) is 55.8 Å². The van der Waals surface area contributed by atoms with Crippen molar-refractivity contribution in [2.75, 3.05) is 13.7 Å². The molecule has 0 saturated carbocycles. The quantitative estimate of drug-likeness (QED) is 0.514. The first-order valence-electron chi connectivity index (χ1n) is 11.1. The molecule has 2 aliphatic rings. The van der Waals surface area contributed by atoms with Crippen LogP contribution in [0, 0.1) is 11.6 Å². The van der Waals surface area contributed by atoms with E-state index in [0.717, 1.165) is 28.8 Å². The number of halogens is 2. The molecular formula is C27H23F2NO4. The third-order valence-electron chi connectivity index (χ3n) is 6.76. The maximum absolute atomic E-state index is 14.5. The summed E-state index contributed by atoms with van der Waals surface area (Å²) in [5.74, 6) is -2.69. The van der Waals surface area contributed by atoms with Crippen molar-refractivity contribution in [3.05, 3.63) is 100 Å². The summed E-state index contributed by atoms with van der Waals surface area (Å²) in [6, 6.07) is 15.9. The molecule has 1 unspecified atom stereocenters. The number of rotatable bonds is 5. The van der Waals surface area contributed by atoms with Crippen LogP contribution >= 0.6 is 0 Å². The maximum Gasteiger partial charge on any atom is 0.319 e. The zero-order valence-electron chi connectivity index (χ0n) is 18.8. The SMILES string of the molecule is CCOC(=O)[C@]12Cc3cc(OC)ccc3C1N(Cc1ccccc1)C(=O)c1cc(F)c(F)cc12. The lowest BCUT2D eigenvalue weighted by molar-refractivity contribution is -0.153. The molecule has 1 aliphatic heterocycles. The maximum atomic E-state index is 14.5. The van der Waals surface area contributed by atoms with Gasteiger partial charge in [0.25, 0.3) is 5.91 Å². The van der Waals surface area contributed by atoms with Crippen LogP contribution in [0.4, 0.5) is 8.78 Å². The highest BCUT2D eigenvalue weighted by molar-refractivity contribution is 6.03. The molecule has 3 aromatic rings. The first-order valence-corrected chi connectivity index (χ1v) is 11.1. The number of methoxy groups -OCH3 is 1. The summed E-state index contributed by atoms with van der Waals surface area (Å²) < 4.78 is 39.8. The highest BCUT2D eigenvalue weighted by Gasteiger charge is 2.61. The van der Waals surface area contributed by atoms with E-state index < -0.39 is 35.0 Å². The smallest absolute Gasteiger partial charge is 0.319 e. The third-order valence-corrected chi connectivity index (χ3v) is 6.76. The molecule has 2 atom stereocenters. The van der Waals surface area contributed by atoms with Gasteiger partial charge in [0.05, 0.1) is 19.8 Å². The Bertz CT molecular complexity index is 1290. The molecule has 0 fully saturated rings. The van der Waals surface area contributed by atoms with Crippen molar-refractivity contribution in [2.45, 2.75) is 31.3 Å². The molecule has 5 nitrogen and oxygen atoms in total. The Balaban J connectivity index is 1.79. The second-order valence-corrected chi connectivity index (χ2v) is 8.57. The zero-order valence-corrected chi connectivity index (χ0v) is 18.8. The van der Waals surface area contributed by atoms with Gasteiger partial charge in [-0.25, -0.2) is 8.78 Å². The average Bonchev–Trinajstić information content (AvgIpc) is 3.19. The molecule has 0 N–H and O–H groups in total. The molecule has 0 aromatic heterocycles. The van der Waals surface area contributed by atoms with Gasteiger partial charge in [0.15, 0.2) is 11.6 Å². The number of hydrogen-bond donors (Lipinski definition) is 0. The first-order chi connectivity index (χ1) is 16.4. The molecule has 7 heteroatoms. The van der Waals surface area contributed by atoms with Crippen LogP contribution in [0.25, 0.3) is 0 Å². The van der Waals surface area contributed by atoms with Gasteiger partial charge in [-0.3, -0.25) is 9.59 Å². The molecule has 1 amide bonds. The summed E-state index contributed by atoms with van der Waals surface area (Å²) in [5, 5.41) is 0. The van der Waals surface area contributed by atoms with Crippen molar-refractivity contribution in [3.63, 3.8) is 0 Å². The molecule has 1 aliphatic carbocycles. The molecule has 0 bridgehead atoms. The monoisotopic (exact) mass is 463 g/mol. The summed E-state index contributed by atoms with van der Waals surface area (Å²) in [6.07, 6.45) is 0.166. The van der Waals surface area contributed by atoms with Crippen LogP contribution in [0.15, 0.2) is 60.7 Å². The Labute approximate surface area is 195 Å². The average molecular weight is 463 g/mol. The first kappa shape index (κ1) is 22.1. The van der Waals surface area contributed by atoms with Gasteiger partial charge >= 0.3 is 5.97 Å². The van der Waals surface area contributed by atoms with Crippen molar-refractivity contribution in [1.29, 1.82) is 0 Å². The minimum Gasteiger partial charge on any atom is -0.497 e. The van der Waals surface area contributed by atoms with Crippen molar-refractivity contribution < 1.29 is 27.8 Å². The van der Waals surface area contributed by atoms with Crippen molar-refractivity contribution in [3.8, 4) is 5.75 Å². The van der Waals surface area contributed by atoms with Gasteiger partial charge < -0.3 is 14.4 Å². The number of carbonyl (C=O) groups excluding carboxylic acids is 2. The fraction of sp³-hybridized carbons (Fsp3) is 0.259. The Hall–Kier alpha value is -3.74. The molecule has 0 spiro atoms. The van der Waals surface area contributed by atoms with Crippen molar-refractivity contribution in [1.82, 2.24) is 4.90 Å². The number of carbonyl (C=O) groups is 2. The normalized spacial score (nSPS) is 20.4. The largest absolute Gasteiger partial charge is 0.497 e.